The number of methoxy groups -OCH3 is 1. The molecule has 0 spiro atoms. The summed E-state index contributed by atoms with van der Waals surface area (Å²) in [6.07, 6.45) is 1.38. The Morgan fingerprint density at radius 3 is 2.67 bits per heavy atom. The Bertz CT molecular complexity index is 528. The summed E-state index contributed by atoms with van der Waals surface area (Å²) in [7, 11) is 1.37. The van der Waals surface area contributed by atoms with E-state index in [1.807, 2.05) is 0 Å². The predicted octanol–water partition coefficient (Wildman–Crippen LogP) is 2.23. The van der Waals surface area contributed by atoms with Crippen molar-refractivity contribution in [3.63, 3.8) is 0 Å². The number of aryl methyl sites for hydroxylation is 1. The van der Waals surface area contributed by atoms with Crippen LogP contribution >= 0.6 is 0 Å². The standard InChI is InChI=1S/C10H8F2N2O/c1-5-4-13-10-8(12)6(11)3-7(15-2)9(10)14-5/h3-4H,1-2H3. The van der Waals surface area contributed by atoms with E-state index in [1.54, 1.807) is 6.92 Å². The van der Waals surface area contributed by atoms with Gasteiger partial charge < -0.3 is 4.74 Å². The first-order valence-corrected chi connectivity index (χ1v) is 4.29. The van der Waals surface area contributed by atoms with Crippen LogP contribution in [0, 0.1) is 18.6 Å². The highest BCUT2D eigenvalue weighted by Crippen LogP contribution is 2.26. The maximum Gasteiger partial charge on any atom is 0.186 e. The minimum absolute atomic E-state index is 0.113. The number of hydrogen-bond acceptors (Lipinski definition) is 3. The molecule has 15 heavy (non-hydrogen) atoms. The average molecular weight is 210 g/mol. The first-order valence-electron chi connectivity index (χ1n) is 4.29. The number of nitrogens with zero attached hydrogens (tertiary/aromatic N) is 2. The van der Waals surface area contributed by atoms with Crippen LogP contribution in [0.2, 0.25) is 0 Å². The summed E-state index contributed by atoms with van der Waals surface area (Å²) in [4.78, 5) is 7.85. The molecule has 5 heteroatoms. The molecule has 0 N–H and O–H groups in total. The van der Waals surface area contributed by atoms with Crippen molar-refractivity contribution in [1.82, 2.24) is 9.97 Å². The Labute approximate surface area is 84.7 Å². The number of aromatic nitrogens is 2. The van der Waals surface area contributed by atoms with E-state index >= 15 is 0 Å². The fraction of sp³-hybridized carbons (Fsp3) is 0.200. The molecule has 78 valence electrons. The lowest BCUT2D eigenvalue weighted by molar-refractivity contribution is 0.411. The number of fused-ring (bicyclic) bond motifs is 1. The Kier molecular flexibility index (Phi) is 2.22. The first kappa shape index (κ1) is 9.76. The van der Waals surface area contributed by atoms with Gasteiger partial charge in [-0.3, -0.25) is 0 Å². The van der Waals surface area contributed by atoms with Crippen molar-refractivity contribution in [1.29, 1.82) is 0 Å². The number of hydrogen-bond donors (Lipinski definition) is 0. The van der Waals surface area contributed by atoms with Crippen LogP contribution in [-0.2, 0) is 0 Å². The Morgan fingerprint density at radius 1 is 1.27 bits per heavy atom. The van der Waals surface area contributed by atoms with Gasteiger partial charge in [0.1, 0.15) is 16.8 Å². The van der Waals surface area contributed by atoms with E-state index in [0.29, 0.717) is 5.69 Å². The van der Waals surface area contributed by atoms with E-state index in [9.17, 15) is 8.78 Å². The van der Waals surface area contributed by atoms with Gasteiger partial charge in [-0.2, -0.15) is 0 Å². The second-order valence-corrected chi connectivity index (χ2v) is 3.08. The summed E-state index contributed by atoms with van der Waals surface area (Å²) in [5.41, 5.74) is 0.737. The molecule has 0 unspecified atom stereocenters. The average Bonchev–Trinajstić information content (AvgIpc) is 2.23. The second-order valence-electron chi connectivity index (χ2n) is 3.08. The van der Waals surface area contributed by atoms with Crippen molar-refractivity contribution in [2.75, 3.05) is 7.11 Å². The molecule has 1 heterocycles. The van der Waals surface area contributed by atoms with E-state index in [0.717, 1.165) is 6.07 Å². The molecule has 0 saturated carbocycles. The zero-order valence-electron chi connectivity index (χ0n) is 8.21. The Hall–Kier alpha value is -1.78. The van der Waals surface area contributed by atoms with Crippen molar-refractivity contribution >= 4 is 11.0 Å². The minimum atomic E-state index is -1.00. The van der Waals surface area contributed by atoms with Crippen molar-refractivity contribution in [2.24, 2.45) is 0 Å². The molecule has 3 nitrogen and oxygen atoms in total. The second kappa shape index (κ2) is 3.42. The lowest BCUT2D eigenvalue weighted by Crippen LogP contribution is -1.97. The minimum Gasteiger partial charge on any atom is -0.494 e. The molecular weight excluding hydrogens is 202 g/mol. The topological polar surface area (TPSA) is 35.0 Å². The van der Waals surface area contributed by atoms with E-state index in [4.69, 9.17) is 4.74 Å². The lowest BCUT2D eigenvalue weighted by Gasteiger charge is -2.06. The zero-order valence-corrected chi connectivity index (χ0v) is 8.21. The number of rotatable bonds is 1. The zero-order chi connectivity index (χ0) is 11.0. The SMILES string of the molecule is COc1cc(F)c(F)c2ncc(C)nc12. The van der Waals surface area contributed by atoms with Crippen LogP contribution in [0.3, 0.4) is 0 Å². The van der Waals surface area contributed by atoms with E-state index in [2.05, 4.69) is 9.97 Å². The summed E-state index contributed by atoms with van der Waals surface area (Å²) in [5, 5.41) is 0. The molecule has 0 radical (unpaired) electrons. The maximum atomic E-state index is 13.3. The van der Waals surface area contributed by atoms with Gasteiger partial charge in [-0.05, 0) is 6.92 Å². The van der Waals surface area contributed by atoms with E-state index in [1.165, 1.54) is 13.3 Å². The van der Waals surface area contributed by atoms with Gasteiger partial charge in [0.15, 0.2) is 11.6 Å². The number of benzene rings is 1. The number of ether oxygens (including phenoxy) is 1. The van der Waals surface area contributed by atoms with E-state index < -0.39 is 11.6 Å². The van der Waals surface area contributed by atoms with E-state index in [-0.39, 0.29) is 16.8 Å². The normalized spacial score (nSPS) is 10.7. The molecule has 0 aliphatic heterocycles. The van der Waals surface area contributed by atoms with Crippen molar-refractivity contribution < 1.29 is 13.5 Å². The van der Waals surface area contributed by atoms with Gasteiger partial charge in [0.2, 0.25) is 0 Å². The van der Waals surface area contributed by atoms with Crippen molar-refractivity contribution in [3.8, 4) is 5.75 Å². The molecule has 0 aliphatic rings. The Morgan fingerprint density at radius 2 is 2.00 bits per heavy atom. The van der Waals surface area contributed by atoms with Gasteiger partial charge >= 0.3 is 0 Å². The molecular formula is C10H8F2N2O. The first-order chi connectivity index (χ1) is 7.13. The lowest BCUT2D eigenvalue weighted by atomic mass is 10.2. The molecule has 0 bridgehead atoms. The Balaban J connectivity index is 2.90. The molecule has 0 aliphatic carbocycles. The van der Waals surface area contributed by atoms with Gasteiger partial charge in [-0.15, -0.1) is 0 Å². The largest absolute Gasteiger partial charge is 0.494 e. The molecule has 1 aromatic carbocycles. The van der Waals surface area contributed by atoms with Gasteiger partial charge in [0.05, 0.1) is 12.8 Å². The quantitative estimate of drug-likeness (QED) is 0.723. The highest BCUT2D eigenvalue weighted by atomic mass is 19.2. The third-order valence-electron chi connectivity index (χ3n) is 2.02. The molecule has 0 saturated heterocycles. The fourth-order valence-corrected chi connectivity index (χ4v) is 1.33. The summed E-state index contributed by atoms with van der Waals surface area (Å²) < 4.78 is 31.3. The fourth-order valence-electron chi connectivity index (χ4n) is 1.33. The highest BCUT2D eigenvalue weighted by molar-refractivity contribution is 5.81. The van der Waals surface area contributed by atoms with Gasteiger partial charge in [-0.25, -0.2) is 18.7 Å². The molecule has 0 atom stereocenters. The summed E-state index contributed by atoms with van der Waals surface area (Å²) in [6, 6.07) is 0.964. The number of halogens is 2. The predicted molar refractivity (Wildman–Crippen MR) is 50.7 cm³/mol. The summed E-state index contributed by atoms with van der Waals surface area (Å²) >= 11 is 0. The van der Waals surface area contributed by atoms with Crippen LogP contribution in [0.25, 0.3) is 11.0 Å². The third-order valence-corrected chi connectivity index (χ3v) is 2.02. The van der Waals surface area contributed by atoms with Gasteiger partial charge in [0, 0.05) is 12.3 Å². The van der Waals surface area contributed by atoms with Crippen LogP contribution in [0.5, 0.6) is 5.75 Å². The van der Waals surface area contributed by atoms with Crippen LogP contribution in [0.15, 0.2) is 12.3 Å². The maximum absolute atomic E-state index is 13.3. The van der Waals surface area contributed by atoms with Crippen molar-refractivity contribution in [2.45, 2.75) is 6.92 Å². The van der Waals surface area contributed by atoms with Gasteiger partial charge in [-0.1, -0.05) is 0 Å². The van der Waals surface area contributed by atoms with Crippen molar-refractivity contribution in [3.05, 3.63) is 29.6 Å². The highest BCUT2D eigenvalue weighted by Gasteiger charge is 2.14. The summed E-state index contributed by atoms with van der Waals surface area (Å²) in [6.45, 7) is 1.72. The third kappa shape index (κ3) is 1.49. The molecule has 0 fully saturated rings. The summed E-state index contributed by atoms with van der Waals surface area (Å²) in [5.74, 6) is -1.81. The molecule has 2 rings (SSSR count). The monoisotopic (exact) mass is 210 g/mol. The van der Waals surface area contributed by atoms with Crippen LogP contribution in [-0.4, -0.2) is 17.1 Å². The molecule has 2 aromatic rings. The van der Waals surface area contributed by atoms with Gasteiger partial charge in [0.25, 0.3) is 0 Å². The van der Waals surface area contributed by atoms with Crippen LogP contribution < -0.4 is 4.74 Å². The molecule has 0 amide bonds. The van der Waals surface area contributed by atoms with Crippen LogP contribution in [0.1, 0.15) is 5.69 Å². The molecule has 1 aromatic heterocycles. The van der Waals surface area contributed by atoms with Crippen LogP contribution in [0.4, 0.5) is 8.78 Å². The smallest absolute Gasteiger partial charge is 0.186 e.